The smallest absolute Gasteiger partial charge is 0.408 e. The summed E-state index contributed by atoms with van der Waals surface area (Å²) in [5.74, 6) is -0.914. The number of nitrogens with zero attached hydrogens (tertiary/aromatic N) is 1. The van der Waals surface area contributed by atoms with Crippen LogP contribution in [0.2, 0.25) is 0 Å². The molecule has 1 aliphatic rings. The van der Waals surface area contributed by atoms with Crippen molar-refractivity contribution < 1.29 is 13.5 Å². The summed E-state index contributed by atoms with van der Waals surface area (Å²) in [5, 5.41) is 0. The van der Waals surface area contributed by atoms with Gasteiger partial charge in [0.25, 0.3) is 0 Å². The Hall–Kier alpha value is -1.82. The normalized spacial score (nSPS) is 19.0. The van der Waals surface area contributed by atoms with Gasteiger partial charge in [0.1, 0.15) is 5.82 Å². The summed E-state index contributed by atoms with van der Waals surface area (Å²) >= 11 is 0. The zero-order valence-electron chi connectivity index (χ0n) is 12.0. The van der Waals surface area contributed by atoms with E-state index in [1.165, 1.54) is 6.07 Å². The van der Waals surface area contributed by atoms with Crippen LogP contribution in [0.15, 0.2) is 21.3 Å². The molecule has 2 heterocycles. The van der Waals surface area contributed by atoms with Crippen LogP contribution in [0.25, 0.3) is 11.1 Å². The maximum absolute atomic E-state index is 14.4. The molecule has 0 radical (unpaired) electrons. The molecule has 21 heavy (non-hydrogen) atoms. The molecule has 1 N–H and O–H groups in total. The minimum Gasteiger partial charge on any atom is -0.408 e. The van der Waals surface area contributed by atoms with E-state index >= 15 is 0 Å². The monoisotopic (exact) mass is 294 g/mol. The molecule has 1 aromatic heterocycles. The van der Waals surface area contributed by atoms with Crippen molar-refractivity contribution in [1.29, 1.82) is 0 Å². The first-order chi connectivity index (χ1) is 10.2. The molecule has 1 atom stereocenters. The summed E-state index contributed by atoms with van der Waals surface area (Å²) in [5.41, 5.74) is 1.24. The van der Waals surface area contributed by atoms with Crippen molar-refractivity contribution in [1.82, 2.24) is 4.98 Å². The Labute approximate surface area is 121 Å². The molecule has 1 aromatic carbocycles. The van der Waals surface area contributed by atoms with E-state index in [-0.39, 0.29) is 11.9 Å². The van der Waals surface area contributed by atoms with Crippen LogP contribution < -0.4 is 10.7 Å². The molecular weight excluding hydrogens is 275 g/mol. The second-order valence-corrected chi connectivity index (χ2v) is 5.38. The first kappa shape index (κ1) is 14.1. The van der Waals surface area contributed by atoms with E-state index in [1.54, 1.807) is 6.07 Å². The molecule has 114 valence electrons. The van der Waals surface area contributed by atoms with Crippen molar-refractivity contribution in [3.05, 3.63) is 28.5 Å². The van der Waals surface area contributed by atoms with Gasteiger partial charge in [0, 0.05) is 25.3 Å². The highest BCUT2D eigenvalue weighted by Crippen LogP contribution is 2.28. The van der Waals surface area contributed by atoms with Gasteiger partial charge in [0.05, 0.1) is 23.9 Å². The van der Waals surface area contributed by atoms with Gasteiger partial charge in [0.15, 0.2) is 5.58 Å². The van der Waals surface area contributed by atoms with Crippen LogP contribution in [0.4, 0.5) is 10.1 Å². The lowest BCUT2D eigenvalue weighted by Gasteiger charge is -2.36. The van der Waals surface area contributed by atoms with E-state index < -0.39 is 5.76 Å². The van der Waals surface area contributed by atoms with Crippen LogP contribution in [0, 0.1) is 5.82 Å². The maximum Gasteiger partial charge on any atom is 0.417 e. The molecule has 1 aliphatic heterocycles. The SMILES string of the molecule is CCCN(c1cc2oc(=O)[nH]c2cc1F)C1CCCOC1. The first-order valence-electron chi connectivity index (χ1n) is 7.36. The molecule has 1 fully saturated rings. The molecule has 0 aliphatic carbocycles. The van der Waals surface area contributed by atoms with Crippen LogP contribution in [0.3, 0.4) is 0 Å². The molecule has 3 rings (SSSR count). The number of H-pyrrole nitrogens is 1. The Balaban J connectivity index is 2.00. The van der Waals surface area contributed by atoms with Gasteiger partial charge in [-0.05, 0) is 19.3 Å². The number of benzene rings is 1. The number of halogens is 1. The highest BCUT2D eigenvalue weighted by molar-refractivity contribution is 5.77. The second-order valence-electron chi connectivity index (χ2n) is 5.38. The molecule has 0 saturated carbocycles. The first-order valence-corrected chi connectivity index (χ1v) is 7.36. The van der Waals surface area contributed by atoms with Crippen LogP contribution in [-0.2, 0) is 4.74 Å². The van der Waals surface area contributed by atoms with Crippen LogP contribution in [-0.4, -0.2) is 30.8 Å². The minimum absolute atomic E-state index is 0.163. The summed E-state index contributed by atoms with van der Waals surface area (Å²) in [4.78, 5) is 15.7. The Bertz CT molecular complexity index is 673. The minimum atomic E-state index is -0.565. The number of oxazole rings is 1. The summed E-state index contributed by atoms with van der Waals surface area (Å²) in [6.07, 6.45) is 2.87. The number of rotatable bonds is 4. The summed E-state index contributed by atoms with van der Waals surface area (Å²) in [6, 6.07) is 3.09. The number of fused-ring (bicyclic) bond motifs is 1. The predicted molar refractivity (Wildman–Crippen MR) is 78.3 cm³/mol. The average molecular weight is 294 g/mol. The maximum atomic E-state index is 14.4. The number of nitrogens with one attached hydrogen (secondary N) is 1. The highest BCUT2D eigenvalue weighted by Gasteiger charge is 2.24. The standard InChI is InChI=1S/C15H19FN2O3/c1-2-5-18(10-4-3-6-20-9-10)13-8-14-12(7-11(13)16)17-15(19)21-14/h7-8,10H,2-6,9H2,1H3,(H,17,19). The van der Waals surface area contributed by atoms with E-state index in [1.807, 2.05) is 4.90 Å². The molecule has 0 amide bonds. The van der Waals surface area contributed by atoms with Gasteiger partial charge in [0.2, 0.25) is 0 Å². The van der Waals surface area contributed by atoms with Crippen LogP contribution >= 0.6 is 0 Å². The molecule has 6 heteroatoms. The van der Waals surface area contributed by atoms with Gasteiger partial charge < -0.3 is 14.1 Å². The van der Waals surface area contributed by atoms with Gasteiger partial charge >= 0.3 is 5.76 Å². The molecular formula is C15H19FN2O3. The zero-order chi connectivity index (χ0) is 14.8. The number of aromatic nitrogens is 1. The van der Waals surface area contributed by atoms with Gasteiger partial charge in [-0.1, -0.05) is 6.92 Å². The quantitative estimate of drug-likeness (QED) is 0.942. The lowest BCUT2D eigenvalue weighted by Crippen LogP contribution is -2.42. The van der Waals surface area contributed by atoms with E-state index in [0.29, 0.717) is 23.4 Å². The molecule has 0 bridgehead atoms. The predicted octanol–water partition coefficient (Wildman–Crippen LogP) is 2.66. The number of hydrogen-bond donors (Lipinski definition) is 1. The van der Waals surface area contributed by atoms with Gasteiger partial charge in [-0.2, -0.15) is 0 Å². The Kier molecular flexibility index (Phi) is 3.96. The van der Waals surface area contributed by atoms with Crippen molar-refractivity contribution in [3.8, 4) is 0 Å². The van der Waals surface area contributed by atoms with E-state index in [4.69, 9.17) is 9.15 Å². The van der Waals surface area contributed by atoms with E-state index in [0.717, 1.165) is 32.4 Å². The molecule has 1 saturated heterocycles. The van der Waals surface area contributed by atoms with E-state index in [9.17, 15) is 9.18 Å². The Morgan fingerprint density at radius 1 is 1.48 bits per heavy atom. The lowest BCUT2D eigenvalue weighted by atomic mass is 10.1. The van der Waals surface area contributed by atoms with Crippen molar-refractivity contribution in [2.24, 2.45) is 0 Å². The Morgan fingerprint density at radius 2 is 2.33 bits per heavy atom. The summed E-state index contributed by atoms with van der Waals surface area (Å²) in [6.45, 7) is 4.17. The zero-order valence-corrected chi connectivity index (χ0v) is 12.0. The fourth-order valence-electron chi connectivity index (χ4n) is 2.89. The molecule has 5 nitrogen and oxygen atoms in total. The van der Waals surface area contributed by atoms with Gasteiger partial charge in [-0.3, -0.25) is 4.98 Å². The number of aromatic amines is 1. The number of ether oxygens (including phenoxy) is 1. The average Bonchev–Trinajstić information content (AvgIpc) is 2.84. The van der Waals surface area contributed by atoms with Gasteiger partial charge in [-0.15, -0.1) is 0 Å². The molecule has 0 spiro atoms. The third kappa shape index (κ3) is 2.81. The van der Waals surface area contributed by atoms with Gasteiger partial charge in [-0.25, -0.2) is 9.18 Å². The lowest BCUT2D eigenvalue weighted by molar-refractivity contribution is 0.0790. The third-order valence-corrected chi connectivity index (χ3v) is 3.84. The largest absolute Gasteiger partial charge is 0.417 e. The molecule has 1 unspecified atom stereocenters. The van der Waals surface area contributed by atoms with Crippen molar-refractivity contribution >= 4 is 16.8 Å². The second kappa shape index (κ2) is 5.89. The number of hydrogen-bond acceptors (Lipinski definition) is 4. The van der Waals surface area contributed by atoms with E-state index in [2.05, 4.69) is 11.9 Å². The van der Waals surface area contributed by atoms with Crippen molar-refractivity contribution in [3.63, 3.8) is 0 Å². The Morgan fingerprint density at radius 3 is 3.05 bits per heavy atom. The van der Waals surface area contributed by atoms with Crippen LogP contribution in [0.1, 0.15) is 26.2 Å². The summed E-state index contributed by atoms with van der Waals surface area (Å²) in [7, 11) is 0. The third-order valence-electron chi connectivity index (χ3n) is 3.84. The highest BCUT2D eigenvalue weighted by atomic mass is 19.1. The topological polar surface area (TPSA) is 58.5 Å². The van der Waals surface area contributed by atoms with Crippen molar-refractivity contribution in [2.75, 3.05) is 24.7 Å². The number of anilines is 1. The summed E-state index contributed by atoms with van der Waals surface area (Å²) < 4.78 is 25.0. The molecule has 2 aromatic rings. The fourth-order valence-corrected chi connectivity index (χ4v) is 2.89. The van der Waals surface area contributed by atoms with Crippen LogP contribution in [0.5, 0.6) is 0 Å². The fraction of sp³-hybridized carbons (Fsp3) is 0.533. The van der Waals surface area contributed by atoms with Crippen molar-refractivity contribution in [2.45, 2.75) is 32.2 Å².